The van der Waals surface area contributed by atoms with Crippen LogP contribution in [-0.2, 0) is 0 Å². The van der Waals surface area contributed by atoms with Gasteiger partial charge in [0.25, 0.3) is 0 Å². The van der Waals surface area contributed by atoms with Crippen LogP contribution in [0.1, 0.15) is 16.8 Å². The lowest BCUT2D eigenvalue weighted by Crippen LogP contribution is -1.92. The number of nitrogens with one attached hydrogen (secondary N) is 1. The molecule has 0 saturated heterocycles. The van der Waals surface area contributed by atoms with Gasteiger partial charge >= 0.3 is 0 Å². The molecule has 1 aromatic heterocycles. The summed E-state index contributed by atoms with van der Waals surface area (Å²) in [6.07, 6.45) is 3.87. The van der Waals surface area contributed by atoms with Crippen molar-refractivity contribution in [3.05, 3.63) is 86.1 Å². The first-order chi connectivity index (χ1) is 12.1. The molecule has 2 nitrogen and oxygen atoms in total. The van der Waals surface area contributed by atoms with Crippen molar-refractivity contribution in [1.29, 1.82) is 5.26 Å². The van der Waals surface area contributed by atoms with Crippen molar-refractivity contribution in [1.82, 2.24) is 4.98 Å². The smallest absolute Gasteiger partial charge is 0.122 e. The van der Waals surface area contributed by atoms with Crippen LogP contribution in [0.4, 0.5) is 0 Å². The van der Waals surface area contributed by atoms with Gasteiger partial charge in [-0.05, 0) is 47.5 Å². The standard InChI is InChI=1S/C20H12Cl2N2S/c21-15-6-1-13(2-7-15)3-10-17-11-18(19(12-23)20(25)24-17)14-4-8-16(22)9-5-14/h1-11H,(H,24,25)/b10-3+. The highest BCUT2D eigenvalue weighted by Crippen LogP contribution is 2.26. The third kappa shape index (κ3) is 4.18. The van der Waals surface area contributed by atoms with Crippen LogP contribution in [0.25, 0.3) is 23.3 Å². The number of H-pyrrole nitrogens is 1. The monoisotopic (exact) mass is 382 g/mol. The Morgan fingerprint density at radius 1 is 0.920 bits per heavy atom. The number of aromatic nitrogens is 1. The predicted octanol–water partition coefficient (Wildman–Crippen LogP) is 6.76. The molecule has 0 aliphatic carbocycles. The maximum absolute atomic E-state index is 9.45. The molecule has 0 aliphatic heterocycles. The van der Waals surface area contributed by atoms with E-state index in [1.807, 2.05) is 54.6 Å². The first-order valence-electron chi connectivity index (χ1n) is 7.44. The van der Waals surface area contributed by atoms with Crippen molar-refractivity contribution < 1.29 is 0 Å². The number of hydrogen-bond acceptors (Lipinski definition) is 2. The number of rotatable bonds is 3. The quantitative estimate of drug-likeness (QED) is 0.508. The van der Waals surface area contributed by atoms with Crippen molar-refractivity contribution in [2.75, 3.05) is 0 Å². The predicted molar refractivity (Wildman–Crippen MR) is 107 cm³/mol. The maximum atomic E-state index is 9.45. The van der Waals surface area contributed by atoms with E-state index >= 15 is 0 Å². The number of halogens is 2. The van der Waals surface area contributed by atoms with Gasteiger partial charge in [-0.1, -0.05) is 65.8 Å². The fourth-order valence-electron chi connectivity index (χ4n) is 2.40. The molecule has 0 spiro atoms. The number of benzene rings is 2. The number of pyridine rings is 1. The molecule has 1 N–H and O–H groups in total. The summed E-state index contributed by atoms with van der Waals surface area (Å²) in [5.41, 5.74) is 3.94. The average Bonchev–Trinajstić information content (AvgIpc) is 2.61. The average molecular weight is 383 g/mol. The summed E-state index contributed by atoms with van der Waals surface area (Å²) in [6.45, 7) is 0. The molecule has 0 unspecified atom stereocenters. The Morgan fingerprint density at radius 2 is 1.52 bits per heavy atom. The largest absolute Gasteiger partial charge is 0.345 e. The van der Waals surface area contributed by atoms with Crippen LogP contribution in [0.3, 0.4) is 0 Å². The SMILES string of the molecule is N#Cc1c(-c2ccc(Cl)cc2)cc(/C=C/c2ccc(Cl)cc2)[nH]c1=S. The highest BCUT2D eigenvalue weighted by atomic mass is 35.5. The van der Waals surface area contributed by atoms with E-state index in [9.17, 15) is 5.26 Å². The first kappa shape index (κ1) is 17.4. The molecule has 25 heavy (non-hydrogen) atoms. The summed E-state index contributed by atoms with van der Waals surface area (Å²) >= 11 is 17.2. The fraction of sp³-hybridized carbons (Fsp3) is 0. The van der Waals surface area contributed by atoms with Crippen LogP contribution in [0, 0.1) is 16.0 Å². The molecule has 0 atom stereocenters. The molecule has 3 rings (SSSR count). The van der Waals surface area contributed by atoms with E-state index in [1.165, 1.54) is 0 Å². The Hall–Kier alpha value is -2.38. The molecule has 3 aromatic rings. The zero-order valence-electron chi connectivity index (χ0n) is 13.0. The van der Waals surface area contributed by atoms with Crippen LogP contribution >= 0.6 is 35.4 Å². The Morgan fingerprint density at radius 3 is 2.12 bits per heavy atom. The Kier molecular flexibility index (Phi) is 5.35. The van der Waals surface area contributed by atoms with Gasteiger partial charge in [0.1, 0.15) is 10.7 Å². The van der Waals surface area contributed by atoms with Gasteiger partial charge in [-0.2, -0.15) is 5.26 Å². The Bertz CT molecular complexity index is 1030. The molecule has 0 bridgehead atoms. The van der Waals surface area contributed by atoms with E-state index in [4.69, 9.17) is 35.4 Å². The van der Waals surface area contributed by atoms with Crippen molar-refractivity contribution in [2.24, 2.45) is 0 Å². The van der Waals surface area contributed by atoms with Crippen molar-refractivity contribution in [2.45, 2.75) is 0 Å². The topological polar surface area (TPSA) is 39.6 Å². The maximum Gasteiger partial charge on any atom is 0.122 e. The van der Waals surface area contributed by atoms with Gasteiger partial charge in [0.2, 0.25) is 0 Å². The number of nitriles is 1. The molecule has 0 fully saturated rings. The van der Waals surface area contributed by atoms with Gasteiger partial charge in [-0.25, -0.2) is 0 Å². The number of aromatic amines is 1. The van der Waals surface area contributed by atoms with Gasteiger partial charge in [-0.15, -0.1) is 0 Å². The van der Waals surface area contributed by atoms with Crippen LogP contribution < -0.4 is 0 Å². The molecule has 122 valence electrons. The van der Waals surface area contributed by atoms with E-state index < -0.39 is 0 Å². The second-order valence-corrected chi connectivity index (χ2v) is 6.63. The molecule has 1 heterocycles. The molecule has 0 radical (unpaired) electrons. The Balaban J connectivity index is 2.04. The van der Waals surface area contributed by atoms with Crippen molar-refractivity contribution in [3.8, 4) is 17.2 Å². The van der Waals surface area contributed by atoms with Crippen molar-refractivity contribution in [3.63, 3.8) is 0 Å². The van der Waals surface area contributed by atoms with E-state index in [-0.39, 0.29) is 0 Å². The zero-order valence-corrected chi connectivity index (χ0v) is 15.3. The first-order valence-corrected chi connectivity index (χ1v) is 8.60. The van der Waals surface area contributed by atoms with Crippen LogP contribution in [0.15, 0.2) is 54.6 Å². The van der Waals surface area contributed by atoms with E-state index in [1.54, 1.807) is 12.1 Å². The van der Waals surface area contributed by atoms with Crippen molar-refractivity contribution >= 4 is 47.6 Å². The molecule has 2 aromatic carbocycles. The summed E-state index contributed by atoms with van der Waals surface area (Å²) in [5, 5.41) is 10.8. The zero-order chi connectivity index (χ0) is 17.8. The number of hydrogen-bond donors (Lipinski definition) is 1. The van der Waals surface area contributed by atoms with Gasteiger partial charge in [0.15, 0.2) is 0 Å². The Labute approximate surface area is 161 Å². The third-order valence-corrected chi connectivity index (χ3v) is 4.46. The third-order valence-electron chi connectivity index (χ3n) is 3.65. The lowest BCUT2D eigenvalue weighted by molar-refractivity contribution is 1.25. The lowest BCUT2D eigenvalue weighted by Gasteiger charge is -2.07. The lowest BCUT2D eigenvalue weighted by atomic mass is 10.0. The van der Waals surface area contributed by atoms with Gasteiger partial charge in [0.05, 0.1) is 5.56 Å². The summed E-state index contributed by atoms with van der Waals surface area (Å²) in [5.74, 6) is 0. The molecule has 0 aliphatic rings. The van der Waals surface area contributed by atoms with Crippen LogP contribution in [0.2, 0.25) is 10.0 Å². The van der Waals surface area contributed by atoms with E-state index in [2.05, 4.69) is 11.1 Å². The normalized spacial score (nSPS) is 10.8. The van der Waals surface area contributed by atoms with Gasteiger partial charge < -0.3 is 4.98 Å². The second kappa shape index (κ2) is 7.67. The highest BCUT2D eigenvalue weighted by molar-refractivity contribution is 7.71. The van der Waals surface area contributed by atoms with Crippen LogP contribution in [-0.4, -0.2) is 4.98 Å². The highest BCUT2D eigenvalue weighted by Gasteiger charge is 2.08. The minimum absolute atomic E-state index is 0.408. The second-order valence-electron chi connectivity index (χ2n) is 5.35. The summed E-state index contributed by atoms with van der Waals surface area (Å²) < 4.78 is 0.408. The van der Waals surface area contributed by atoms with E-state index in [0.29, 0.717) is 20.2 Å². The molecule has 0 saturated carbocycles. The molecular formula is C20H12Cl2N2S. The van der Waals surface area contributed by atoms with Gasteiger partial charge in [-0.3, -0.25) is 0 Å². The van der Waals surface area contributed by atoms with Gasteiger partial charge in [0, 0.05) is 21.3 Å². The molecule has 5 heteroatoms. The molecule has 0 amide bonds. The van der Waals surface area contributed by atoms with Crippen LogP contribution in [0.5, 0.6) is 0 Å². The minimum Gasteiger partial charge on any atom is -0.345 e. The summed E-state index contributed by atoms with van der Waals surface area (Å²) in [6, 6.07) is 18.9. The number of nitrogens with zero attached hydrogens (tertiary/aromatic N) is 1. The summed E-state index contributed by atoms with van der Waals surface area (Å²) in [7, 11) is 0. The molecular weight excluding hydrogens is 371 g/mol. The fourth-order valence-corrected chi connectivity index (χ4v) is 2.92. The minimum atomic E-state index is 0.408. The summed E-state index contributed by atoms with van der Waals surface area (Å²) in [4.78, 5) is 3.08. The van der Waals surface area contributed by atoms with E-state index in [0.717, 1.165) is 22.4 Å².